The highest BCUT2D eigenvalue weighted by atomic mass is 32.1. The van der Waals surface area contributed by atoms with Gasteiger partial charge >= 0.3 is 0 Å². The molecule has 34 heavy (non-hydrogen) atoms. The Labute approximate surface area is 200 Å². The van der Waals surface area contributed by atoms with Gasteiger partial charge in [0.1, 0.15) is 26.9 Å². The van der Waals surface area contributed by atoms with E-state index in [1.54, 1.807) is 13.1 Å². The number of amides is 1. The van der Waals surface area contributed by atoms with Crippen molar-refractivity contribution in [2.45, 2.75) is 51.2 Å². The van der Waals surface area contributed by atoms with E-state index in [0.717, 1.165) is 36.3 Å². The fraction of sp³-hybridized carbons (Fsp3) is 0.458. The van der Waals surface area contributed by atoms with Crippen LogP contribution in [0.3, 0.4) is 0 Å². The molecule has 0 saturated carbocycles. The summed E-state index contributed by atoms with van der Waals surface area (Å²) < 4.78 is 36.0. The van der Waals surface area contributed by atoms with Crippen LogP contribution in [-0.2, 0) is 4.74 Å². The van der Waals surface area contributed by atoms with Crippen LogP contribution in [0.25, 0.3) is 10.3 Å². The molecule has 2 unspecified atom stereocenters. The van der Waals surface area contributed by atoms with Gasteiger partial charge in [-0.25, -0.2) is 18.7 Å². The first-order valence-electron chi connectivity index (χ1n) is 11.5. The van der Waals surface area contributed by atoms with Crippen molar-refractivity contribution in [1.29, 1.82) is 0 Å². The predicted octanol–water partition coefficient (Wildman–Crippen LogP) is 4.15. The van der Waals surface area contributed by atoms with E-state index >= 15 is 8.78 Å². The largest absolute Gasteiger partial charge is 0.396 e. The van der Waals surface area contributed by atoms with Gasteiger partial charge in [-0.2, -0.15) is 0 Å². The number of ether oxygens (including phenoxy) is 1. The summed E-state index contributed by atoms with van der Waals surface area (Å²) in [5.74, 6) is -1.77. The van der Waals surface area contributed by atoms with Gasteiger partial charge in [-0.15, -0.1) is 11.3 Å². The fourth-order valence-corrected chi connectivity index (χ4v) is 5.77. The fourth-order valence-electron chi connectivity index (χ4n) is 4.76. The maximum absolute atomic E-state index is 15.1. The topological polar surface area (TPSA) is 93.4 Å². The highest BCUT2D eigenvalue weighted by Crippen LogP contribution is 2.33. The third-order valence-electron chi connectivity index (χ3n) is 6.56. The molecule has 5 rings (SSSR count). The summed E-state index contributed by atoms with van der Waals surface area (Å²) in [5.41, 5.74) is 8.08. The van der Waals surface area contributed by atoms with Gasteiger partial charge in [-0.3, -0.25) is 4.79 Å². The van der Waals surface area contributed by atoms with E-state index < -0.39 is 17.6 Å². The minimum atomic E-state index is -0.486. The van der Waals surface area contributed by atoms with E-state index in [9.17, 15) is 4.79 Å². The van der Waals surface area contributed by atoms with Crippen LogP contribution < -0.4 is 16.0 Å². The third-order valence-corrected chi connectivity index (χ3v) is 7.64. The molecule has 3 N–H and O–H groups in total. The van der Waals surface area contributed by atoms with Crippen molar-refractivity contribution in [2.75, 3.05) is 30.3 Å². The number of nitrogens with zero attached hydrogens (tertiary/aromatic N) is 3. The van der Waals surface area contributed by atoms with Crippen molar-refractivity contribution < 1.29 is 18.3 Å². The Hall–Kier alpha value is -2.85. The minimum absolute atomic E-state index is 0.0689. The number of thiophene rings is 1. The lowest BCUT2D eigenvalue weighted by atomic mass is 9.97. The highest BCUT2D eigenvalue weighted by Gasteiger charge is 2.33. The van der Waals surface area contributed by atoms with Crippen LogP contribution in [0, 0.1) is 18.6 Å². The molecule has 4 heterocycles. The molecule has 1 amide bonds. The molecule has 3 aromatic rings. The Morgan fingerprint density at radius 1 is 1.29 bits per heavy atom. The van der Waals surface area contributed by atoms with Crippen molar-refractivity contribution in [3.05, 3.63) is 46.1 Å². The molecule has 1 aromatic carbocycles. The monoisotopic (exact) mass is 487 g/mol. The van der Waals surface area contributed by atoms with Crippen molar-refractivity contribution in [3.63, 3.8) is 0 Å². The number of halogens is 2. The molecular formula is C24H27F2N5O2S. The van der Waals surface area contributed by atoms with Crippen molar-refractivity contribution in [2.24, 2.45) is 0 Å². The number of hydrogen-bond acceptors (Lipinski definition) is 7. The minimum Gasteiger partial charge on any atom is -0.396 e. The van der Waals surface area contributed by atoms with Gasteiger partial charge in [0.05, 0.1) is 29.3 Å². The summed E-state index contributed by atoms with van der Waals surface area (Å²) in [6, 6.07) is 2.52. The van der Waals surface area contributed by atoms with Gasteiger partial charge in [0.15, 0.2) is 0 Å². The normalized spacial score (nSPS) is 21.0. The Balaban J connectivity index is 1.28. The molecule has 180 valence electrons. The molecule has 2 fully saturated rings. The standard InChI is InChI=1S/C24H27F2N5O2S/c1-12(8-29-23(32)22-20(27)21-24(34-22)30-13(2)9-28-21)16-6-18(26)19(7-17(16)25)31-10-14-4-3-5-15(11-31)33-14/h6-7,9,12,14-15H,3-5,8,10-11,27H2,1-2H3,(H,29,32)/t12-,14?,15?/m0/s1. The van der Waals surface area contributed by atoms with Gasteiger partial charge in [0.25, 0.3) is 5.91 Å². The Morgan fingerprint density at radius 2 is 2.03 bits per heavy atom. The van der Waals surface area contributed by atoms with Crippen molar-refractivity contribution in [3.8, 4) is 0 Å². The van der Waals surface area contributed by atoms with Crippen molar-refractivity contribution in [1.82, 2.24) is 15.3 Å². The first-order chi connectivity index (χ1) is 16.3. The lowest BCUT2D eigenvalue weighted by Gasteiger charge is -2.42. The number of nitrogen functional groups attached to an aromatic ring is 1. The summed E-state index contributed by atoms with van der Waals surface area (Å²) in [5, 5.41) is 2.78. The SMILES string of the molecule is Cc1cnc2c(N)c(C(=O)NC[C@H](C)c3cc(F)c(N4CC5CCCC(C4)O5)cc3F)sc2n1. The van der Waals surface area contributed by atoms with Gasteiger partial charge in [-0.1, -0.05) is 6.92 Å². The van der Waals surface area contributed by atoms with Crippen LogP contribution in [0.4, 0.5) is 20.2 Å². The van der Waals surface area contributed by atoms with Crippen LogP contribution in [0.15, 0.2) is 18.3 Å². The molecule has 3 atom stereocenters. The predicted molar refractivity (Wildman–Crippen MR) is 128 cm³/mol. The zero-order valence-electron chi connectivity index (χ0n) is 19.1. The van der Waals surface area contributed by atoms with E-state index in [-0.39, 0.29) is 41.6 Å². The number of rotatable bonds is 5. The van der Waals surface area contributed by atoms with Crippen LogP contribution >= 0.6 is 11.3 Å². The van der Waals surface area contributed by atoms with Gasteiger partial charge < -0.3 is 20.7 Å². The number of fused-ring (bicyclic) bond motifs is 3. The molecule has 2 bridgehead atoms. The number of benzene rings is 1. The van der Waals surface area contributed by atoms with Gasteiger partial charge in [0, 0.05) is 37.8 Å². The van der Waals surface area contributed by atoms with E-state index in [4.69, 9.17) is 10.5 Å². The van der Waals surface area contributed by atoms with E-state index in [1.165, 1.54) is 12.1 Å². The average Bonchev–Trinajstić information content (AvgIpc) is 3.13. The summed E-state index contributed by atoms with van der Waals surface area (Å²) in [6.45, 7) is 4.82. The number of carbonyl (C=O) groups excluding carboxylic acids is 1. The first-order valence-corrected chi connectivity index (χ1v) is 12.3. The molecule has 10 heteroatoms. The maximum atomic E-state index is 15.1. The lowest BCUT2D eigenvalue weighted by Crippen LogP contribution is -2.50. The van der Waals surface area contributed by atoms with Crippen LogP contribution in [-0.4, -0.2) is 47.7 Å². The van der Waals surface area contributed by atoms with Crippen LogP contribution in [0.5, 0.6) is 0 Å². The van der Waals surface area contributed by atoms with Crippen molar-refractivity contribution >= 4 is 39.0 Å². The highest BCUT2D eigenvalue weighted by molar-refractivity contribution is 7.21. The number of aromatic nitrogens is 2. The molecule has 2 aliphatic heterocycles. The molecule has 0 aliphatic carbocycles. The zero-order chi connectivity index (χ0) is 24.0. The molecule has 2 saturated heterocycles. The zero-order valence-corrected chi connectivity index (χ0v) is 19.9. The Kier molecular flexibility index (Phi) is 6.11. The Bertz CT molecular complexity index is 1240. The van der Waals surface area contributed by atoms with Gasteiger partial charge in [-0.05, 0) is 37.8 Å². The second kappa shape index (κ2) is 9.07. The number of aryl methyl sites for hydroxylation is 1. The quantitative estimate of drug-likeness (QED) is 0.562. The number of carbonyl (C=O) groups is 1. The lowest BCUT2D eigenvalue weighted by molar-refractivity contribution is -0.0606. The second-order valence-corrected chi connectivity index (χ2v) is 10.2. The molecule has 0 spiro atoms. The molecule has 2 aliphatic rings. The Morgan fingerprint density at radius 3 is 2.76 bits per heavy atom. The molecule has 7 nitrogen and oxygen atoms in total. The molecular weight excluding hydrogens is 460 g/mol. The maximum Gasteiger partial charge on any atom is 0.263 e. The number of nitrogens with one attached hydrogen (secondary N) is 1. The summed E-state index contributed by atoms with van der Waals surface area (Å²) in [7, 11) is 0. The number of anilines is 2. The third kappa shape index (κ3) is 4.32. The van der Waals surface area contributed by atoms with E-state index in [0.29, 0.717) is 28.3 Å². The summed E-state index contributed by atoms with van der Waals surface area (Å²) in [6.07, 6.45) is 4.74. The second-order valence-electron chi connectivity index (χ2n) is 9.16. The smallest absolute Gasteiger partial charge is 0.263 e. The van der Waals surface area contributed by atoms with Crippen LogP contribution in [0.1, 0.15) is 53.0 Å². The van der Waals surface area contributed by atoms with E-state index in [2.05, 4.69) is 15.3 Å². The van der Waals surface area contributed by atoms with Gasteiger partial charge in [0.2, 0.25) is 0 Å². The van der Waals surface area contributed by atoms with E-state index in [1.807, 2.05) is 11.8 Å². The first kappa shape index (κ1) is 22.9. The molecule has 0 radical (unpaired) electrons. The number of nitrogens with two attached hydrogens (primary N) is 1. The number of morpholine rings is 1. The number of hydrogen-bond donors (Lipinski definition) is 2. The molecule has 2 aromatic heterocycles. The summed E-state index contributed by atoms with van der Waals surface area (Å²) in [4.78, 5) is 24.1. The van der Waals surface area contributed by atoms with Crippen LogP contribution in [0.2, 0.25) is 0 Å². The summed E-state index contributed by atoms with van der Waals surface area (Å²) >= 11 is 1.16. The average molecular weight is 488 g/mol.